The summed E-state index contributed by atoms with van der Waals surface area (Å²) in [5.74, 6) is 0. The highest BCUT2D eigenvalue weighted by Crippen LogP contribution is 2.29. The molecule has 2 aromatic rings. The minimum atomic E-state index is 0.243. The highest BCUT2D eigenvalue weighted by molar-refractivity contribution is 6.35. The summed E-state index contributed by atoms with van der Waals surface area (Å²) >= 11 is 18.2. The van der Waals surface area contributed by atoms with Crippen molar-refractivity contribution in [1.29, 1.82) is 0 Å². The van der Waals surface area contributed by atoms with E-state index in [4.69, 9.17) is 34.8 Å². The smallest absolute Gasteiger partial charge is 0.0641 e. The van der Waals surface area contributed by atoms with Crippen LogP contribution in [0.4, 0.5) is 5.69 Å². The monoisotopic (exact) mass is 327 g/mol. The first kappa shape index (κ1) is 15.5. The van der Waals surface area contributed by atoms with Gasteiger partial charge >= 0.3 is 0 Å². The average molecular weight is 329 g/mol. The van der Waals surface area contributed by atoms with Crippen LogP contribution in [0.1, 0.15) is 18.1 Å². The second kappa shape index (κ2) is 6.71. The van der Waals surface area contributed by atoms with Crippen molar-refractivity contribution < 1.29 is 0 Å². The molecule has 0 bridgehead atoms. The number of anilines is 1. The predicted molar refractivity (Wildman–Crippen MR) is 89.4 cm³/mol. The summed E-state index contributed by atoms with van der Waals surface area (Å²) < 4.78 is 0. The molecular weight excluding hydrogens is 313 g/mol. The van der Waals surface area contributed by atoms with Gasteiger partial charge in [0.2, 0.25) is 0 Å². The lowest BCUT2D eigenvalue weighted by Crippen LogP contribution is -2.18. The third-order valence-electron chi connectivity index (χ3n) is 3.11. The van der Waals surface area contributed by atoms with Crippen LogP contribution in [0.5, 0.6) is 0 Å². The van der Waals surface area contributed by atoms with Crippen LogP contribution in [0.3, 0.4) is 0 Å². The zero-order valence-electron chi connectivity index (χ0n) is 11.4. The highest BCUT2D eigenvalue weighted by Gasteiger charge is 2.09. The largest absolute Gasteiger partial charge is 0.381 e. The molecule has 0 aliphatic heterocycles. The normalized spacial score (nSPS) is 12.2. The van der Waals surface area contributed by atoms with Crippen LogP contribution in [0.2, 0.25) is 15.1 Å². The SMILES string of the molecule is Cc1cc(Cl)c(NC(C)Cc2ccc(Cl)cc2)cc1Cl. The van der Waals surface area contributed by atoms with Gasteiger partial charge in [0.05, 0.1) is 10.7 Å². The molecule has 0 saturated carbocycles. The fraction of sp³-hybridized carbons (Fsp3) is 0.250. The Labute approximate surface area is 134 Å². The molecule has 0 fully saturated rings. The van der Waals surface area contributed by atoms with Gasteiger partial charge in [-0.3, -0.25) is 0 Å². The van der Waals surface area contributed by atoms with Gasteiger partial charge in [-0.25, -0.2) is 0 Å². The topological polar surface area (TPSA) is 12.0 Å². The average Bonchev–Trinajstić information content (AvgIpc) is 2.39. The molecule has 0 aromatic heterocycles. The van der Waals surface area contributed by atoms with Crippen molar-refractivity contribution in [3.63, 3.8) is 0 Å². The summed E-state index contributed by atoms with van der Waals surface area (Å²) in [6, 6.07) is 11.9. The van der Waals surface area contributed by atoms with Crippen molar-refractivity contribution in [2.75, 3.05) is 5.32 Å². The minimum absolute atomic E-state index is 0.243. The quantitative estimate of drug-likeness (QED) is 0.726. The molecule has 0 aliphatic rings. The van der Waals surface area contributed by atoms with Crippen LogP contribution in [0, 0.1) is 6.92 Å². The van der Waals surface area contributed by atoms with Gasteiger partial charge in [0.15, 0.2) is 0 Å². The molecule has 0 radical (unpaired) electrons. The molecule has 0 saturated heterocycles. The molecule has 106 valence electrons. The van der Waals surface area contributed by atoms with Crippen molar-refractivity contribution in [1.82, 2.24) is 0 Å². The highest BCUT2D eigenvalue weighted by atomic mass is 35.5. The van der Waals surface area contributed by atoms with Crippen LogP contribution in [0.25, 0.3) is 0 Å². The van der Waals surface area contributed by atoms with E-state index in [1.807, 2.05) is 43.3 Å². The van der Waals surface area contributed by atoms with Gasteiger partial charge < -0.3 is 5.32 Å². The van der Waals surface area contributed by atoms with E-state index in [1.54, 1.807) is 0 Å². The van der Waals surface area contributed by atoms with E-state index in [2.05, 4.69) is 12.2 Å². The first-order valence-corrected chi connectivity index (χ1v) is 7.55. The minimum Gasteiger partial charge on any atom is -0.381 e. The summed E-state index contributed by atoms with van der Waals surface area (Å²) in [6.45, 7) is 4.05. The molecular formula is C16H16Cl3N. The molecule has 1 N–H and O–H groups in total. The van der Waals surface area contributed by atoms with E-state index in [0.717, 1.165) is 27.7 Å². The van der Waals surface area contributed by atoms with E-state index < -0.39 is 0 Å². The van der Waals surface area contributed by atoms with Crippen molar-refractivity contribution >= 4 is 40.5 Å². The second-order valence-corrected chi connectivity index (χ2v) is 6.21. The first-order valence-electron chi connectivity index (χ1n) is 6.42. The van der Waals surface area contributed by atoms with Crippen molar-refractivity contribution in [2.24, 2.45) is 0 Å². The van der Waals surface area contributed by atoms with Crippen molar-refractivity contribution in [3.05, 3.63) is 62.6 Å². The van der Waals surface area contributed by atoms with Gasteiger partial charge in [-0.2, -0.15) is 0 Å². The van der Waals surface area contributed by atoms with Gasteiger partial charge in [0.1, 0.15) is 0 Å². The fourth-order valence-corrected chi connectivity index (χ4v) is 2.61. The Morgan fingerprint density at radius 1 is 1.00 bits per heavy atom. The van der Waals surface area contributed by atoms with Crippen LogP contribution in [-0.4, -0.2) is 6.04 Å². The number of rotatable bonds is 4. The molecule has 0 amide bonds. The molecule has 0 aliphatic carbocycles. The Balaban J connectivity index is 2.06. The lowest BCUT2D eigenvalue weighted by Gasteiger charge is -2.17. The molecule has 2 rings (SSSR count). The summed E-state index contributed by atoms with van der Waals surface area (Å²) in [7, 11) is 0. The number of aryl methyl sites for hydroxylation is 1. The number of halogens is 3. The van der Waals surface area contributed by atoms with Crippen LogP contribution in [-0.2, 0) is 6.42 Å². The Morgan fingerprint density at radius 3 is 2.30 bits per heavy atom. The maximum Gasteiger partial charge on any atom is 0.0641 e. The third kappa shape index (κ3) is 4.05. The van der Waals surface area contributed by atoms with Gasteiger partial charge in [0.25, 0.3) is 0 Å². The fourth-order valence-electron chi connectivity index (χ4n) is 2.05. The van der Waals surface area contributed by atoms with Gasteiger partial charge in [-0.05, 0) is 55.7 Å². The molecule has 0 heterocycles. The van der Waals surface area contributed by atoms with Crippen LogP contribution >= 0.6 is 34.8 Å². The molecule has 0 spiro atoms. The Kier molecular flexibility index (Phi) is 5.20. The van der Waals surface area contributed by atoms with Crippen LogP contribution in [0.15, 0.2) is 36.4 Å². The zero-order valence-corrected chi connectivity index (χ0v) is 13.7. The Bertz CT molecular complexity index is 593. The summed E-state index contributed by atoms with van der Waals surface area (Å²) in [4.78, 5) is 0. The Hall–Kier alpha value is -0.890. The lowest BCUT2D eigenvalue weighted by atomic mass is 10.1. The zero-order chi connectivity index (χ0) is 14.7. The van der Waals surface area contributed by atoms with E-state index >= 15 is 0 Å². The van der Waals surface area contributed by atoms with Crippen molar-refractivity contribution in [3.8, 4) is 0 Å². The summed E-state index contributed by atoms with van der Waals surface area (Å²) in [5, 5.41) is 5.55. The van der Waals surface area contributed by atoms with Gasteiger partial charge in [-0.15, -0.1) is 0 Å². The number of hydrogen-bond donors (Lipinski definition) is 1. The number of benzene rings is 2. The van der Waals surface area contributed by atoms with E-state index in [0.29, 0.717) is 5.02 Å². The van der Waals surface area contributed by atoms with Gasteiger partial charge in [0, 0.05) is 16.1 Å². The summed E-state index contributed by atoms with van der Waals surface area (Å²) in [6.07, 6.45) is 0.888. The Morgan fingerprint density at radius 2 is 1.65 bits per heavy atom. The lowest BCUT2D eigenvalue weighted by molar-refractivity contribution is 0.790. The van der Waals surface area contributed by atoms with Crippen molar-refractivity contribution in [2.45, 2.75) is 26.3 Å². The van der Waals surface area contributed by atoms with E-state index in [9.17, 15) is 0 Å². The standard InChI is InChI=1S/C16H16Cl3N/c1-10-7-15(19)16(9-14(10)18)20-11(2)8-12-3-5-13(17)6-4-12/h3-7,9,11,20H,8H2,1-2H3. The summed E-state index contributed by atoms with van der Waals surface area (Å²) in [5.41, 5.74) is 3.07. The van der Waals surface area contributed by atoms with Gasteiger partial charge in [-0.1, -0.05) is 46.9 Å². The maximum atomic E-state index is 6.23. The number of nitrogens with one attached hydrogen (secondary N) is 1. The van der Waals surface area contributed by atoms with E-state index in [-0.39, 0.29) is 6.04 Å². The molecule has 1 atom stereocenters. The second-order valence-electron chi connectivity index (χ2n) is 4.96. The number of hydrogen-bond acceptors (Lipinski definition) is 1. The first-order chi connectivity index (χ1) is 9.45. The molecule has 4 heteroatoms. The molecule has 1 nitrogen and oxygen atoms in total. The molecule has 1 unspecified atom stereocenters. The third-order valence-corrected chi connectivity index (χ3v) is 4.08. The maximum absolute atomic E-state index is 6.23. The van der Waals surface area contributed by atoms with Crippen LogP contribution < -0.4 is 5.32 Å². The molecule has 2 aromatic carbocycles. The predicted octanol–water partition coefficient (Wildman–Crippen LogP) is 6.00. The van der Waals surface area contributed by atoms with E-state index in [1.165, 1.54) is 5.56 Å². The molecule has 20 heavy (non-hydrogen) atoms.